The van der Waals surface area contributed by atoms with Crippen molar-refractivity contribution < 1.29 is 4.74 Å². The fraction of sp³-hybridized carbons (Fsp3) is 0.0811. The number of para-hydroxylation sites is 2. The van der Waals surface area contributed by atoms with E-state index >= 15 is 0 Å². The standard InChI is InChI=1S/C25H23OP.C12H11P/c1-20-12-8-9-17-23(20)26-24-18-10-11-19-25(24)27(21-13-4-2-5-14-21)22-15-6-3-7-16-22;1-3-7-11(8-4-1)13-12-9-5-2-6-10-12/h2,4-6,8-19H,3,7H2,1H3;1-10,13H. The Morgan fingerprint density at radius 1 is 0.575 bits per heavy atom. The summed E-state index contributed by atoms with van der Waals surface area (Å²) in [6.07, 6.45) is 9.22. The average Bonchev–Trinajstić information content (AvgIpc) is 3.02. The molecule has 6 rings (SSSR count). The summed E-state index contributed by atoms with van der Waals surface area (Å²) in [4.78, 5) is 0. The van der Waals surface area contributed by atoms with Crippen LogP contribution in [0.3, 0.4) is 0 Å². The van der Waals surface area contributed by atoms with Gasteiger partial charge in [0.05, 0.1) is 0 Å². The lowest BCUT2D eigenvalue weighted by molar-refractivity contribution is 0.483. The highest BCUT2D eigenvalue weighted by atomic mass is 31.1. The third-order valence-corrected chi connectivity index (χ3v) is 10.3. The third kappa shape index (κ3) is 7.67. The smallest absolute Gasteiger partial charge is 0.135 e. The summed E-state index contributed by atoms with van der Waals surface area (Å²) in [5, 5.41) is 6.82. The first kappa shape index (κ1) is 27.8. The van der Waals surface area contributed by atoms with Gasteiger partial charge in [-0.15, -0.1) is 0 Å². The van der Waals surface area contributed by atoms with Gasteiger partial charge >= 0.3 is 0 Å². The summed E-state index contributed by atoms with van der Waals surface area (Å²) >= 11 is 0. The zero-order chi connectivity index (χ0) is 27.4. The summed E-state index contributed by atoms with van der Waals surface area (Å²) in [7, 11) is 0.130. The number of hydrogen-bond donors (Lipinski definition) is 0. The number of aryl methyl sites for hydroxylation is 1. The Bertz CT molecular complexity index is 1510. The molecule has 1 atom stereocenters. The van der Waals surface area contributed by atoms with Crippen LogP contribution in [-0.4, -0.2) is 0 Å². The molecule has 198 valence electrons. The Morgan fingerprint density at radius 2 is 1.12 bits per heavy atom. The van der Waals surface area contributed by atoms with Crippen LogP contribution in [0.15, 0.2) is 163 Å². The van der Waals surface area contributed by atoms with Crippen LogP contribution in [-0.2, 0) is 0 Å². The molecule has 0 N–H and O–H groups in total. The predicted octanol–water partition coefficient (Wildman–Crippen LogP) is 8.77. The number of benzene rings is 5. The van der Waals surface area contributed by atoms with E-state index in [0.717, 1.165) is 38.5 Å². The van der Waals surface area contributed by atoms with Gasteiger partial charge in [0.2, 0.25) is 0 Å². The molecule has 0 amide bonds. The Kier molecular flexibility index (Phi) is 10.1. The Hall–Kier alpha value is -3.76. The van der Waals surface area contributed by atoms with Crippen LogP contribution in [0.2, 0.25) is 0 Å². The highest BCUT2D eigenvalue weighted by Gasteiger charge is 2.22. The molecule has 40 heavy (non-hydrogen) atoms. The maximum atomic E-state index is 6.40. The summed E-state index contributed by atoms with van der Waals surface area (Å²) in [5.74, 6) is 1.86. The van der Waals surface area contributed by atoms with E-state index in [1.807, 2.05) is 18.2 Å². The quantitative estimate of drug-likeness (QED) is 0.182. The van der Waals surface area contributed by atoms with Crippen molar-refractivity contribution in [3.63, 3.8) is 0 Å². The van der Waals surface area contributed by atoms with Gasteiger partial charge in [-0.1, -0.05) is 154 Å². The van der Waals surface area contributed by atoms with E-state index in [-0.39, 0.29) is 0 Å². The van der Waals surface area contributed by atoms with Gasteiger partial charge < -0.3 is 4.74 Å². The van der Waals surface area contributed by atoms with E-state index in [1.54, 1.807) is 0 Å². The lowest BCUT2D eigenvalue weighted by Crippen LogP contribution is -2.15. The Balaban J connectivity index is 0.000000207. The van der Waals surface area contributed by atoms with E-state index in [2.05, 4.69) is 146 Å². The van der Waals surface area contributed by atoms with Crippen LogP contribution in [0.25, 0.3) is 0 Å². The molecule has 0 fully saturated rings. The monoisotopic (exact) mass is 556 g/mol. The Labute approximate surface area is 241 Å². The number of hydrogen-bond acceptors (Lipinski definition) is 1. The molecule has 0 aromatic heterocycles. The minimum atomic E-state index is -0.646. The van der Waals surface area contributed by atoms with Crippen molar-refractivity contribution in [1.29, 1.82) is 0 Å². The predicted molar refractivity (Wildman–Crippen MR) is 177 cm³/mol. The van der Waals surface area contributed by atoms with Crippen LogP contribution in [0.4, 0.5) is 0 Å². The summed E-state index contributed by atoms with van der Waals surface area (Å²) < 4.78 is 6.40. The fourth-order valence-corrected chi connectivity index (χ4v) is 8.02. The van der Waals surface area contributed by atoms with Gasteiger partial charge in [-0.25, -0.2) is 0 Å². The zero-order valence-corrected chi connectivity index (χ0v) is 24.7. The molecule has 1 aliphatic rings. The first-order valence-electron chi connectivity index (χ1n) is 13.7. The largest absolute Gasteiger partial charge is 0.456 e. The molecular formula is C37H34OP2. The first-order valence-corrected chi connectivity index (χ1v) is 16.0. The summed E-state index contributed by atoms with van der Waals surface area (Å²) in [5.41, 5.74) is 1.15. The molecule has 5 aromatic carbocycles. The van der Waals surface area contributed by atoms with Gasteiger partial charge in [-0.2, -0.15) is 0 Å². The normalized spacial score (nSPS) is 13.0. The van der Waals surface area contributed by atoms with Crippen molar-refractivity contribution in [2.75, 3.05) is 0 Å². The fourth-order valence-electron chi connectivity index (χ4n) is 4.50. The highest BCUT2D eigenvalue weighted by Crippen LogP contribution is 2.47. The van der Waals surface area contributed by atoms with Crippen molar-refractivity contribution in [1.82, 2.24) is 0 Å². The van der Waals surface area contributed by atoms with Crippen LogP contribution >= 0.6 is 16.5 Å². The summed E-state index contributed by atoms with van der Waals surface area (Å²) in [6.45, 7) is 2.09. The molecule has 0 aliphatic heterocycles. The maximum Gasteiger partial charge on any atom is 0.135 e. The number of allylic oxidation sites excluding steroid dienone is 4. The molecule has 0 heterocycles. The SMILES string of the molecule is Cc1ccccc1Oc1ccccc1P(C1=CCCC=C1)c1ccccc1.c1ccc(Pc2ccccc2)cc1. The van der Waals surface area contributed by atoms with Gasteiger partial charge in [0.25, 0.3) is 0 Å². The highest BCUT2D eigenvalue weighted by molar-refractivity contribution is 7.77. The minimum Gasteiger partial charge on any atom is -0.456 e. The molecular weight excluding hydrogens is 522 g/mol. The lowest BCUT2D eigenvalue weighted by Gasteiger charge is -2.24. The van der Waals surface area contributed by atoms with Crippen molar-refractivity contribution in [2.24, 2.45) is 0 Å². The number of ether oxygens (including phenoxy) is 1. The van der Waals surface area contributed by atoms with E-state index in [4.69, 9.17) is 4.74 Å². The zero-order valence-electron chi connectivity index (χ0n) is 22.8. The molecule has 1 aliphatic carbocycles. The van der Waals surface area contributed by atoms with Crippen LogP contribution in [0.5, 0.6) is 11.5 Å². The van der Waals surface area contributed by atoms with E-state index in [1.165, 1.54) is 26.5 Å². The Morgan fingerprint density at radius 3 is 1.73 bits per heavy atom. The lowest BCUT2D eigenvalue weighted by atomic mass is 10.2. The van der Waals surface area contributed by atoms with Crippen LogP contribution in [0, 0.1) is 6.92 Å². The molecule has 1 unspecified atom stereocenters. The first-order chi connectivity index (χ1) is 19.8. The van der Waals surface area contributed by atoms with Crippen molar-refractivity contribution in [3.05, 3.63) is 169 Å². The molecule has 5 aromatic rings. The molecule has 0 radical (unpaired) electrons. The second-order valence-electron chi connectivity index (χ2n) is 9.47. The van der Waals surface area contributed by atoms with Crippen LogP contribution in [0.1, 0.15) is 18.4 Å². The molecule has 0 bridgehead atoms. The van der Waals surface area contributed by atoms with Gasteiger partial charge in [-0.05, 0) is 66.6 Å². The van der Waals surface area contributed by atoms with Crippen molar-refractivity contribution in [3.8, 4) is 11.5 Å². The van der Waals surface area contributed by atoms with E-state index in [0.29, 0.717) is 0 Å². The summed E-state index contributed by atoms with van der Waals surface area (Å²) in [6, 6.07) is 48.6. The van der Waals surface area contributed by atoms with Gasteiger partial charge in [0.15, 0.2) is 0 Å². The molecule has 0 saturated heterocycles. The molecule has 3 heteroatoms. The van der Waals surface area contributed by atoms with Gasteiger partial charge in [-0.3, -0.25) is 0 Å². The molecule has 1 nitrogen and oxygen atoms in total. The second-order valence-corrected chi connectivity index (χ2v) is 13.1. The number of rotatable bonds is 7. The van der Waals surface area contributed by atoms with E-state index < -0.39 is 7.92 Å². The maximum absolute atomic E-state index is 6.40. The minimum absolute atomic E-state index is 0.646. The van der Waals surface area contributed by atoms with Gasteiger partial charge in [0, 0.05) is 5.30 Å². The third-order valence-electron chi connectivity index (χ3n) is 6.50. The van der Waals surface area contributed by atoms with Crippen molar-refractivity contribution in [2.45, 2.75) is 19.8 Å². The van der Waals surface area contributed by atoms with E-state index in [9.17, 15) is 0 Å². The molecule has 0 saturated carbocycles. The molecule has 0 spiro atoms. The van der Waals surface area contributed by atoms with Gasteiger partial charge in [0.1, 0.15) is 11.5 Å². The van der Waals surface area contributed by atoms with Crippen LogP contribution < -0.4 is 26.0 Å². The second kappa shape index (κ2) is 14.6. The average molecular weight is 557 g/mol. The van der Waals surface area contributed by atoms with Crippen molar-refractivity contribution >= 4 is 37.7 Å². The topological polar surface area (TPSA) is 9.23 Å².